The molecule has 1 saturated heterocycles. The molecule has 0 unspecified atom stereocenters. The Balaban J connectivity index is 1.42. The van der Waals surface area contributed by atoms with Gasteiger partial charge < -0.3 is 15.2 Å². The number of rotatable bonds is 5. The quantitative estimate of drug-likeness (QED) is 0.709. The van der Waals surface area contributed by atoms with Crippen LogP contribution in [0.5, 0.6) is 0 Å². The highest BCUT2D eigenvalue weighted by Crippen LogP contribution is 2.28. The molecule has 1 aromatic heterocycles. The first-order valence-corrected chi connectivity index (χ1v) is 9.93. The third-order valence-electron chi connectivity index (χ3n) is 5.53. The largest absolute Gasteiger partial charge is 0.358 e. The van der Waals surface area contributed by atoms with Crippen LogP contribution in [0.3, 0.4) is 0 Å². The Morgan fingerprint density at radius 1 is 1.11 bits per heavy atom. The minimum Gasteiger partial charge on any atom is -0.358 e. The van der Waals surface area contributed by atoms with Crippen molar-refractivity contribution in [3.05, 3.63) is 65.7 Å². The van der Waals surface area contributed by atoms with E-state index in [-0.39, 0.29) is 5.91 Å². The van der Waals surface area contributed by atoms with Gasteiger partial charge in [-0.3, -0.25) is 4.79 Å². The second-order valence-corrected chi connectivity index (χ2v) is 7.44. The summed E-state index contributed by atoms with van der Waals surface area (Å²) in [6.07, 6.45) is 3.61. The number of carbonyl (C=O) groups excluding carboxylic acids is 1. The lowest BCUT2D eigenvalue weighted by atomic mass is 9.90. The van der Waals surface area contributed by atoms with Gasteiger partial charge in [0.25, 0.3) is 5.91 Å². The van der Waals surface area contributed by atoms with Crippen molar-refractivity contribution in [1.29, 1.82) is 0 Å². The molecule has 1 aliphatic rings. The molecule has 0 bridgehead atoms. The maximum atomic E-state index is 12.1. The number of hydrogen-bond acceptors (Lipinski definition) is 2. The number of piperidine rings is 1. The molecule has 3 aromatic rings. The maximum absolute atomic E-state index is 12.1. The molecule has 2 heterocycles. The second-order valence-electron chi connectivity index (χ2n) is 7.44. The normalized spacial score (nSPS) is 15.2. The SMILES string of the molecule is CCNC(=O)c1ccc2[nH]c(N3CCC(Cc4ccccc4)CC3)cc2c1. The molecule has 4 rings (SSSR count). The van der Waals surface area contributed by atoms with Gasteiger partial charge in [0.2, 0.25) is 0 Å². The van der Waals surface area contributed by atoms with Gasteiger partial charge in [0, 0.05) is 36.1 Å². The molecule has 0 spiro atoms. The molecular formula is C23H27N3O. The highest BCUT2D eigenvalue weighted by molar-refractivity contribution is 5.98. The lowest BCUT2D eigenvalue weighted by Gasteiger charge is -2.32. The smallest absolute Gasteiger partial charge is 0.251 e. The van der Waals surface area contributed by atoms with Crippen LogP contribution < -0.4 is 10.2 Å². The van der Waals surface area contributed by atoms with Crippen LogP contribution in [0.2, 0.25) is 0 Å². The van der Waals surface area contributed by atoms with Crippen LogP contribution in [-0.4, -0.2) is 30.5 Å². The molecule has 4 nitrogen and oxygen atoms in total. The third kappa shape index (κ3) is 4.00. The van der Waals surface area contributed by atoms with Gasteiger partial charge in [-0.15, -0.1) is 0 Å². The highest BCUT2D eigenvalue weighted by atomic mass is 16.1. The number of nitrogens with one attached hydrogen (secondary N) is 2. The van der Waals surface area contributed by atoms with Crippen LogP contribution in [0, 0.1) is 5.92 Å². The molecule has 2 N–H and O–H groups in total. The molecule has 0 aliphatic carbocycles. The Kier molecular flexibility index (Phi) is 5.14. The van der Waals surface area contributed by atoms with E-state index in [1.54, 1.807) is 0 Å². The van der Waals surface area contributed by atoms with Crippen molar-refractivity contribution in [2.24, 2.45) is 5.92 Å². The Morgan fingerprint density at radius 3 is 2.63 bits per heavy atom. The van der Waals surface area contributed by atoms with E-state index < -0.39 is 0 Å². The molecule has 1 aliphatic heterocycles. The van der Waals surface area contributed by atoms with Gasteiger partial charge in [-0.1, -0.05) is 30.3 Å². The van der Waals surface area contributed by atoms with Crippen LogP contribution >= 0.6 is 0 Å². The van der Waals surface area contributed by atoms with E-state index in [1.165, 1.54) is 24.8 Å². The fourth-order valence-corrected chi connectivity index (χ4v) is 4.02. The number of benzene rings is 2. The second kappa shape index (κ2) is 7.87. The van der Waals surface area contributed by atoms with Crippen molar-refractivity contribution in [3.63, 3.8) is 0 Å². The summed E-state index contributed by atoms with van der Waals surface area (Å²) in [6.45, 7) is 4.74. The van der Waals surface area contributed by atoms with Crippen molar-refractivity contribution in [2.45, 2.75) is 26.2 Å². The Hall–Kier alpha value is -2.75. The molecule has 4 heteroatoms. The summed E-state index contributed by atoms with van der Waals surface area (Å²) in [7, 11) is 0. The molecular weight excluding hydrogens is 334 g/mol. The summed E-state index contributed by atoms with van der Waals surface area (Å²) < 4.78 is 0. The fourth-order valence-electron chi connectivity index (χ4n) is 4.02. The highest BCUT2D eigenvalue weighted by Gasteiger charge is 2.21. The van der Waals surface area contributed by atoms with Crippen molar-refractivity contribution >= 4 is 22.6 Å². The lowest BCUT2D eigenvalue weighted by molar-refractivity contribution is 0.0956. The number of aromatic amines is 1. The lowest BCUT2D eigenvalue weighted by Crippen LogP contribution is -2.34. The zero-order chi connectivity index (χ0) is 18.6. The van der Waals surface area contributed by atoms with Crippen LogP contribution in [0.25, 0.3) is 10.9 Å². The third-order valence-corrected chi connectivity index (χ3v) is 5.53. The zero-order valence-electron chi connectivity index (χ0n) is 15.9. The van der Waals surface area contributed by atoms with Gasteiger partial charge in [-0.2, -0.15) is 0 Å². The van der Waals surface area contributed by atoms with Crippen LogP contribution in [0.4, 0.5) is 5.82 Å². The first-order chi connectivity index (χ1) is 13.2. The number of carbonyl (C=O) groups is 1. The first-order valence-electron chi connectivity index (χ1n) is 9.93. The molecule has 1 fully saturated rings. The number of aromatic nitrogens is 1. The summed E-state index contributed by atoms with van der Waals surface area (Å²) in [5, 5.41) is 3.96. The molecule has 140 valence electrons. The fraction of sp³-hybridized carbons (Fsp3) is 0.348. The Labute approximate surface area is 160 Å². The summed E-state index contributed by atoms with van der Waals surface area (Å²) in [4.78, 5) is 18.0. The molecule has 0 saturated carbocycles. The van der Waals surface area contributed by atoms with Gasteiger partial charge in [0.15, 0.2) is 0 Å². The molecule has 2 aromatic carbocycles. The topological polar surface area (TPSA) is 48.1 Å². The van der Waals surface area contributed by atoms with Crippen molar-refractivity contribution in [1.82, 2.24) is 10.3 Å². The van der Waals surface area contributed by atoms with E-state index in [9.17, 15) is 4.79 Å². The number of H-pyrrole nitrogens is 1. The van der Waals surface area contributed by atoms with E-state index in [0.29, 0.717) is 6.54 Å². The van der Waals surface area contributed by atoms with Crippen LogP contribution in [0.15, 0.2) is 54.6 Å². The zero-order valence-corrected chi connectivity index (χ0v) is 15.9. The monoisotopic (exact) mass is 361 g/mol. The summed E-state index contributed by atoms with van der Waals surface area (Å²) in [5.74, 6) is 1.91. The average molecular weight is 361 g/mol. The van der Waals surface area contributed by atoms with E-state index in [4.69, 9.17) is 0 Å². The number of fused-ring (bicyclic) bond motifs is 1. The van der Waals surface area contributed by atoms with Gasteiger partial charge in [0.1, 0.15) is 5.82 Å². The van der Waals surface area contributed by atoms with E-state index in [1.807, 2.05) is 25.1 Å². The van der Waals surface area contributed by atoms with Gasteiger partial charge in [-0.25, -0.2) is 0 Å². The first kappa shape index (κ1) is 17.7. The van der Waals surface area contributed by atoms with Gasteiger partial charge >= 0.3 is 0 Å². The van der Waals surface area contributed by atoms with Crippen molar-refractivity contribution < 1.29 is 4.79 Å². The maximum Gasteiger partial charge on any atom is 0.251 e. The summed E-state index contributed by atoms with van der Waals surface area (Å²) >= 11 is 0. The molecule has 0 radical (unpaired) electrons. The molecule has 0 atom stereocenters. The van der Waals surface area contributed by atoms with Crippen LogP contribution in [0.1, 0.15) is 35.7 Å². The van der Waals surface area contributed by atoms with Crippen molar-refractivity contribution in [2.75, 3.05) is 24.5 Å². The van der Waals surface area contributed by atoms with E-state index >= 15 is 0 Å². The predicted octanol–water partition coefficient (Wildman–Crippen LogP) is 4.38. The number of amides is 1. The average Bonchev–Trinajstić information content (AvgIpc) is 3.13. The summed E-state index contributed by atoms with van der Waals surface area (Å²) in [5.41, 5.74) is 3.25. The van der Waals surface area contributed by atoms with Gasteiger partial charge in [0.05, 0.1) is 0 Å². The number of anilines is 1. The van der Waals surface area contributed by atoms with Crippen molar-refractivity contribution in [3.8, 4) is 0 Å². The predicted molar refractivity (Wildman–Crippen MR) is 111 cm³/mol. The molecule has 1 amide bonds. The number of nitrogens with zero attached hydrogens (tertiary/aromatic N) is 1. The Bertz CT molecular complexity index is 908. The minimum absolute atomic E-state index is 0.0103. The molecule has 27 heavy (non-hydrogen) atoms. The van der Waals surface area contributed by atoms with Gasteiger partial charge in [-0.05, 0) is 61.9 Å². The van der Waals surface area contributed by atoms with E-state index in [0.717, 1.165) is 41.3 Å². The van der Waals surface area contributed by atoms with E-state index in [2.05, 4.69) is 51.6 Å². The Morgan fingerprint density at radius 2 is 1.89 bits per heavy atom. The standard InChI is InChI=1S/C23H27N3O/c1-2-24-23(27)19-8-9-21-20(15-19)16-22(25-21)26-12-10-18(11-13-26)14-17-6-4-3-5-7-17/h3-9,15-16,18,25H,2,10-14H2,1H3,(H,24,27). The minimum atomic E-state index is -0.0103. The number of hydrogen-bond donors (Lipinski definition) is 2. The van der Waals surface area contributed by atoms with Crippen LogP contribution in [-0.2, 0) is 6.42 Å². The summed E-state index contributed by atoms with van der Waals surface area (Å²) in [6, 6.07) is 18.9.